The van der Waals surface area contributed by atoms with Gasteiger partial charge in [-0.2, -0.15) is 0 Å². The number of ether oxygens (including phenoxy) is 3. The van der Waals surface area contributed by atoms with Crippen LogP contribution in [0.25, 0.3) is 12.4 Å². The van der Waals surface area contributed by atoms with Crippen LogP contribution in [0.3, 0.4) is 0 Å². The van der Waals surface area contributed by atoms with Crippen LogP contribution < -0.4 is 32.0 Å². The van der Waals surface area contributed by atoms with Gasteiger partial charge < -0.3 is 35.8 Å². The molecule has 35 heavy (non-hydrogen) atoms. The van der Waals surface area contributed by atoms with Crippen LogP contribution in [0.15, 0.2) is 35.5 Å². The Kier molecular flexibility index (Phi) is 15.5. The highest BCUT2D eigenvalue weighted by Crippen LogP contribution is 2.12. The number of aliphatic imine (C=N–C) groups is 1. The standard InChI is InChI=1S/C18H21FN4O2.C6H15NO.CH2O/c1-4-21-18(23-13-5-6-16(20)22-11-13)17-12(2)9-14(10-15(17)19)25-8-7-24-3;1-6(2,8-3)4-5-7;1-2/h4-6,9-11,23H,2,7-8H2,1,3H3,(H2,20,22);4-5,7H2,1-3H3;1H2/b18-17-,21-4-;;. The summed E-state index contributed by atoms with van der Waals surface area (Å²) in [4.78, 5) is 16.2. The van der Waals surface area contributed by atoms with Crippen LogP contribution in [0, 0.1) is 5.82 Å². The Labute approximate surface area is 206 Å². The van der Waals surface area contributed by atoms with Crippen LogP contribution in [-0.4, -0.2) is 57.6 Å². The number of carbonyl (C=O) groups excluding carboxylic acids is 1. The maximum absolute atomic E-state index is 14.6. The van der Waals surface area contributed by atoms with E-state index >= 15 is 0 Å². The molecule has 0 saturated carbocycles. The molecule has 0 bridgehead atoms. The number of hydrogen-bond donors (Lipinski definition) is 3. The maximum Gasteiger partial charge on any atom is 0.140 e. The first kappa shape index (κ1) is 31.7. The van der Waals surface area contributed by atoms with Gasteiger partial charge in [0.2, 0.25) is 0 Å². The zero-order valence-corrected chi connectivity index (χ0v) is 21.3. The van der Waals surface area contributed by atoms with Gasteiger partial charge in [0.05, 0.1) is 29.3 Å². The Balaban J connectivity index is 0.000000982. The number of hydrogen-bond acceptors (Lipinski definition) is 9. The lowest BCUT2D eigenvalue weighted by atomic mass is 10.1. The van der Waals surface area contributed by atoms with E-state index in [-0.39, 0.29) is 10.8 Å². The Morgan fingerprint density at radius 1 is 1.26 bits per heavy atom. The van der Waals surface area contributed by atoms with E-state index in [1.54, 1.807) is 51.8 Å². The molecule has 0 radical (unpaired) electrons. The van der Waals surface area contributed by atoms with Gasteiger partial charge in [0.25, 0.3) is 0 Å². The number of rotatable bonds is 10. The second-order valence-electron chi connectivity index (χ2n) is 7.62. The molecule has 0 aliphatic carbocycles. The Morgan fingerprint density at radius 2 is 1.94 bits per heavy atom. The summed E-state index contributed by atoms with van der Waals surface area (Å²) in [5.41, 5.74) is 11.5. The van der Waals surface area contributed by atoms with Gasteiger partial charge in [-0.1, -0.05) is 6.58 Å². The van der Waals surface area contributed by atoms with Crippen LogP contribution in [0.2, 0.25) is 0 Å². The Bertz CT molecular complexity index is 1010. The third-order valence-electron chi connectivity index (χ3n) is 4.54. The Morgan fingerprint density at radius 3 is 2.40 bits per heavy atom. The van der Waals surface area contributed by atoms with Crippen LogP contribution in [0.5, 0.6) is 5.75 Å². The molecule has 2 rings (SSSR count). The molecule has 0 fully saturated rings. The summed E-state index contributed by atoms with van der Waals surface area (Å²) < 4.78 is 30.1. The predicted molar refractivity (Wildman–Crippen MR) is 140 cm³/mol. The van der Waals surface area contributed by atoms with E-state index in [1.165, 1.54) is 6.07 Å². The molecule has 0 spiro atoms. The van der Waals surface area contributed by atoms with E-state index in [0.29, 0.717) is 48.1 Å². The summed E-state index contributed by atoms with van der Waals surface area (Å²) >= 11 is 0. The number of carbonyl (C=O) groups is 1. The zero-order valence-electron chi connectivity index (χ0n) is 21.3. The van der Waals surface area contributed by atoms with Crippen molar-refractivity contribution in [2.75, 3.05) is 45.0 Å². The average Bonchev–Trinajstić information content (AvgIpc) is 2.82. The average molecular weight is 492 g/mol. The smallest absolute Gasteiger partial charge is 0.140 e. The van der Waals surface area contributed by atoms with Crippen molar-refractivity contribution >= 4 is 36.9 Å². The van der Waals surface area contributed by atoms with Gasteiger partial charge in [-0.05, 0) is 57.2 Å². The quantitative estimate of drug-likeness (QED) is 0.340. The topological polar surface area (TPSA) is 134 Å². The van der Waals surface area contributed by atoms with Crippen molar-refractivity contribution in [1.82, 2.24) is 4.98 Å². The lowest BCUT2D eigenvalue weighted by molar-refractivity contribution is -0.0980. The van der Waals surface area contributed by atoms with Crippen LogP contribution in [0.1, 0.15) is 27.2 Å². The molecule has 0 aliphatic rings. The number of aromatic nitrogens is 1. The minimum atomic E-state index is -0.489. The first-order chi connectivity index (χ1) is 16.7. The molecule has 0 unspecified atom stereocenters. The number of nitrogens with one attached hydrogen (secondary N) is 1. The minimum Gasteiger partial charge on any atom is -0.491 e. The maximum atomic E-state index is 14.6. The number of halogens is 1. The molecule has 0 saturated heterocycles. The van der Waals surface area contributed by atoms with Gasteiger partial charge in [-0.25, -0.2) is 14.4 Å². The van der Waals surface area contributed by atoms with E-state index in [9.17, 15) is 4.39 Å². The molecular weight excluding hydrogens is 453 g/mol. The predicted octanol–water partition coefficient (Wildman–Crippen LogP) is 2.08. The molecule has 0 amide bonds. The number of methoxy groups -OCH3 is 2. The van der Waals surface area contributed by atoms with Crippen molar-refractivity contribution in [3.8, 4) is 5.75 Å². The molecule has 5 N–H and O–H groups in total. The molecule has 9 nitrogen and oxygen atoms in total. The lowest BCUT2D eigenvalue weighted by Gasteiger charge is -2.21. The molecule has 0 atom stereocenters. The molecule has 1 aromatic heterocycles. The van der Waals surface area contributed by atoms with Crippen LogP contribution in [0.4, 0.5) is 15.9 Å². The minimum absolute atomic E-state index is 0.0330. The lowest BCUT2D eigenvalue weighted by Crippen LogP contribution is -2.31. The molecule has 1 heterocycles. The highest BCUT2D eigenvalue weighted by atomic mass is 19.1. The van der Waals surface area contributed by atoms with Gasteiger partial charge in [0.15, 0.2) is 0 Å². The van der Waals surface area contributed by atoms with Gasteiger partial charge >= 0.3 is 0 Å². The summed E-state index contributed by atoms with van der Waals surface area (Å²) in [6.45, 7) is 13.1. The highest BCUT2D eigenvalue weighted by Gasteiger charge is 2.13. The van der Waals surface area contributed by atoms with Crippen molar-refractivity contribution in [2.45, 2.75) is 32.8 Å². The number of nitrogens with two attached hydrogens (primary N) is 2. The van der Waals surface area contributed by atoms with Crippen molar-refractivity contribution in [3.05, 3.63) is 46.7 Å². The molecular formula is C25H38FN5O4. The molecule has 1 aromatic carbocycles. The van der Waals surface area contributed by atoms with E-state index in [4.69, 9.17) is 30.5 Å². The molecule has 194 valence electrons. The summed E-state index contributed by atoms with van der Waals surface area (Å²) in [6.07, 6.45) is 4.03. The first-order valence-corrected chi connectivity index (χ1v) is 10.8. The first-order valence-electron chi connectivity index (χ1n) is 10.8. The molecule has 0 aliphatic heterocycles. The Hall–Kier alpha value is -3.34. The number of pyridine rings is 1. The summed E-state index contributed by atoms with van der Waals surface area (Å²) in [7, 11) is 3.28. The van der Waals surface area contributed by atoms with Gasteiger partial charge in [-0.3, -0.25) is 0 Å². The van der Waals surface area contributed by atoms with Gasteiger partial charge in [-0.15, -0.1) is 0 Å². The van der Waals surface area contributed by atoms with Crippen molar-refractivity contribution in [2.24, 2.45) is 10.7 Å². The normalized spacial score (nSPS) is 11.6. The SMILES string of the molecule is C=O.C=c1cc(OCCOC)cc(F)/c1=C(/N=C\C)Nc1ccc(N)nc1.COC(C)(C)CCN. The fourth-order valence-electron chi connectivity index (χ4n) is 2.58. The van der Waals surface area contributed by atoms with Crippen molar-refractivity contribution < 1.29 is 23.4 Å². The van der Waals surface area contributed by atoms with E-state index in [2.05, 4.69) is 21.9 Å². The summed E-state index contributed by atoms with van der Waals surface area (Å²) in [5.74, 6) is 0.612. The highest BCUT2D eigenvalue weighted by molar-refractivity contribution is 5.71. The number of benzene rings is 1. The van der Waals surface area contributed by atoms with E-state index in [1.807, 2.05) is 20.6 Å². The third-order valence-corrected chi connectivity index (χ3v) is 4.54. The second-order valence-corrected chi connectivity index (χ2v) is 7.62. The zero-order chi connectivity index (χ0) is 26.9. The fourth-order valence-corrected chi connectivity index (χ4v) is 2.58. The van der Waals surface area contributed by atoms with Gasteiger partial charge in [0.1, 0.15) is 36.6 Å². The molecule has 10 heteroatoms. The third kappa shape index (κ3) is 12.1. The number of nitrogen functional groups attached to an aromatic ring is 1. The van der Waals surface area contributed by atoms with Crippen molar-refractivity contribution in [1.29, 1.82) is 0 Å². The van der Waals surface area contributed by atoms with E-state index < -0.39 is 5.82 Å². The summed E-state index contributed by atoms with van der Waals surface area (Å²) in [5, 5.41) is 3.74. The van der Waals surface area contributed by atoms with Crippen LogP contribution in [-0.2, 0) is 14.3 Å². The second kappa shape index (κ2) is 17.1. The monoisotopic (exact) mass is 491 g/mol. The van der Waals surface area contributed by atoms with Crippen LogP contribution >= 0.6 is 0 Å². The number of anilines is 2. The summed E-state index contributed by atoms with van der Waals surface area (Å²) in [6, 6.07) is 6.33. The number of nitrogens with zero attached hydrogens (tertiary/aromatic N) is 2. The molecule has 2 aromatic rings. The largest absolute Gasteiger partial charge is 0.491 e. The van der Waals surface area contributed by atoms with Gasteiger partial charge in [0, 0.05) is 26.5 Å². The fraction of sp³-hybridized carbons (Fsp3) is 0.400. The van der Waals surface area contributed by atoms with E-state index in [0.717, 1.165) is 6.42 Å². The van der Waals surface area contributed by atoms with Crippen molar-refractivity contribution in [3.63, 3.8) is 0 Å².